The van der Waals surface area contributed by atoms with Gasteiger partial charge in [0.15, 0.2) is 5.82 Å². The summed E-state index contributed by atoms with van der Waals surface area (Å²) in [6.07, 6.45) is 0. The number of halogens is 2. The van der Waals surface area contributed by atoms with E-state index < -0.39 is 0 Å². The average molecular weight is 342 g/mol. The van der Waals surface area contributed by atoms with Gasteiger partial charge in [-0.1, -0.05) is 41.5 Å². The first-order valence-electron chi connectivity index (χ1n) is 5.73. The number of nitrogens with zero attached hydrogens (tertiary/aromatic N) is 2. The predicted molar refractivity (Wildman–Crippen MR) is 89.9 cm³/mol. The average Bonchev–Trinajstić information content (AvgIpc) is 2.99. The molecule has 0 amide bonds. The molecule has 0 aliphatic carbocycles. The first kappa shape index (κ1) is 13.8. The summed E-state index contributed by atoms with van der Waals surface area (Å²) in [5.41, 5.74) is 7.34. The number of rotatable bonds is 3. The molecule has 0 unspecified atom stereocenters. The SMILES string of the molecule is NC(=S)Cn1c(-c2cccs2)nc2cc(Cl)c(Cl)cc21. The lowest BCUT2D eigenvalue weighted by molar-refractivity contribution is 0.898. The molecule has 3 rings (SSSR count). The van der Waals surface area contributed by atoms with E-state index in [-0.39, 0.29) is 0 Å². The fourth-order valence-corrected chi connectivity index (χ4v) is 3.20. The molecule has 0 spiro atoms. The second kappa shape index (κ2) is 5.33. The highest BCUT2D eigenvalue weighted by Gasteiger charge is 2.15. The van der Waals surface area contributed by atoms with E-state index in [2.05, 4.69) is 4.98 Å². The Morgan fingerprint density at radius 3 is 2.75 bits per heavy atom. The molecular formula is C13H9Cl2N3S2. The summed E-state index contributed by atoms with van der Waals surface area (Å²) in [7, 11) is 0. The van der Waals surface area contributed by atoms with Gasteiger partial charge >= 0.3 is 0 Å². The van der Waals surface area contributed by atoms with Gasteiger partial charge in [-0.15, -0.1) is 11.3 Å². The zero-order chi connectivity index (χ0) is 14.3. The van der Waals surface area contributed by atoms with Crippen molar-refractivity contribution < 1.29 is 0 Å². The molecule has 0 aliphatic rings. The monoisotopic (exact) mass is 341 g/mol. The number of hydrogen-bond donors (Lipinski definition) is 1. The van der Waals surface area contributed by atoms with Crippen molar-refractivity contribution in [3.63, 3.8) is 0 Å². The van der Waals surface area contributed by atoms with Gasteiger partial charge in [-0.05, 0) is 23.6 Å². The minimum absolute atomic E-state index is 0.396. The van der Waals surface area contributed by atoms with Crippen LogP contribution in [0.1, 0.15) is 0 Å². The van der Waals surface area contributed by atoms with Crippen molar-refractivity contribution in [2.75, 3.05) is 0 Å². The van der Waals surface area contributed by atoms with Crippen LogP contribution in [0.2, 0.25) is 10.0 Å². The number of nitrogens with two attached hydrogens (primary N) is 1. The molecule has 102 valence electrons. The molecule has 20 heavy (non-hydrogen) atoms. The Kier molecular flexibility index (Phi) is 3.69. The van der Waals surface area contributed by atoms with Gasteiger partial charge in [0.25, 0.3) is 0 Å². The summed E-state index contributed by atoms with van der Waals surface area (Å²) in [5, 5.41) is 2.97. The van der Waals surface area contributed by atoms with Crippen molar-refractivity contribution in [1.82, 2.24) is 9.55 Å². The van der Waals surface area contributed by atoms with E-state index in [9.17, 15) is 0 Å². The number of thiophene rings is 1. The van der Waals surface area contributed by atoms with Crippen molar-refractivity contribution in [3.8, 4) is 10.7 Å². The first-order chi connectivity index (χ1) is 9.56. The standard InChI is InChI=1S/C13H9Cl2N3S2/c14-7-4-9-10(5-8(7)15)18(6-12(16)19)13(17-9)11-2-1-3-20-11/h1-5H,6H2,(H2,16,19). The number of hydrogen-bond acceptors (Lipinski definition) is 3. The predicted octanol–water partition coefficient (Wildman–Crippen LogP) is 4.36. The van der Waals surface area contributed by atoms with Crippen molar-refractivity contribution in [1.29, 1.82) is 0 Å². The highest BCUT2D eigenvalue weighted by atomic mass is 35.5. The molecule has 0 fully saturated rings. The highest BCUT2D eigenvalue weighted by Crippen LogP contribution is 2.32. The van der Waals surface area contributed by atoms with Gasteiger partial charge in [0, 0.05) is 0 Å². The topological polar surface area (TPSA) is 43.8 Å². The van der Waals surface area contributed by atoms with Gasteiger partial charge in [0.05, 0.1) is 37.5 Å². The van der Waals surface area contributed by atoms with Gasteiger partial charge < -0.3 is 10.3 Å². The Morgan fingerprint density at radius 2 is 2.10 bits per heavy atom. The zero-order valence-corrected chi connectivity index (χ0v) is 13.3. The molecule has 7 heteroatoms. The summed E-state index contributed by atoms with van der Waals surface area (Å²) in [5.74, 6) is 0.820. The van der Waals surface area contributed by atoms with Crippen LogP contribution < -0.4 is 5.73 Å². The van der Waals surface area contributed by atoms with E-state index in [1.165, 1.54) is 0 Å². The fraction of sp³-hybridized carbons (Fsp3) is 0.0769. The lowest BCUT2D eigenvalue weighted by atomic mass is 10.3. The maximum atomic E-state index is 6.10. The molecule has 0 aliphatic heterocycles. The molecule has 0 bridgehead atoms. The van der Waals surface area contributed by atoms with Crippen LogP contribution in [0.4, 0.5) is 0 Å². The lowest BCUT2D eigenvalue weighted by Gasteiger charge is -2.07. The van der Waals surface area contributed by atoms with Crippen LogP contribution in [0.5, 0.6) is 0 Å². The summed E-state index contributed by atoms with van der Waals surface area (Å²) in [6.45, 7) is 0.414. The fourth-order valence-electron chi connectivity index (χ4n) is 2.03. The number of aromatic nitrogens is 2. The molecule has 0 saturated heterocycles. The Hall–Kier alpha value is -1.14. The number of thiocarbonyl (C=S) groups is 1. The summed E-state index contributed by atoms with van der Waals surface area (Å²) < 4.78 is 1.96. The minimum Gasteiger partial charge on any atom is -0.392 e. The lowest BCUT2D eigenvalue weighted by Crippen LogP contribution is -2.17. The summed E-state index contributed by atoms with van der Waals surface area (Å²) >= 11 is 18.8. The summed E-state index contributed by atoms with van der Waals surface area (Å²) in [6, 6.07) is 7.53. The number of fused-ring (bicyclic) bond motifs is 1. The second-order valence-electron chi connectivity index (χ2n) is 4.22. The van der Waals surface area contributed by atoms with Crippen molar-refractivity contribution in [2.24, 2.45) is 5.73 Å². The van der Waals surface area contributed by atoms with Gasteiger partial charge in [-0.25, -0.2) is 4.98 Å². The van der Waals surface area contributed by atoms with Crippen molar-refractivity contribution in [2.45, 2.75) is 6.54 Å². The van der Waals surface area contributed by atoms with Crippen LogP contribution in [0.15, 0.2) is 29.6 Å². The van der Waals surface area contributed by atoms with Gasteiger partial charge in [0.1, 0.15) is 0 Å². The smallest absolute Gasteiger partial charge is 0.151 e. The molecule has 2 aromatic heterocycles. The van der Waals surface area contributed by atoms with E-state index >= 15 is 0 Å². The van der Waals surface area contributed by atoms with Gasteiger partial charge in [-0.2, -0.15) is 0 Å². The molecule has 3 aromatic rings. The Labute approximate surface area is 134 Å². The van der Waals surface area contributed by atoms with E-state index in [4.69, 9.17) is 41.2 Å². The van der Waals surface area contributed by atoms with E-state index in [0.717, 1.165) is 21.7 Å². The maximum absolute atomic E-state index is 6.10. The highest BCUT2D eigenvalue weighted by molar-refractivity contribution is 7.80. The van der Waals surface area contributed by atoms with Crippen LogP contribution in [-0.4, -0.2) is 14.5 Å². The Bertz CT molecular complexity index is 794. The van der Waals surface area contributed by atoms with Crippen molar-refractivity contribution in [3.05, 3.63) is 39.7 Å². The third-order valence-electron chi connectivity index (χ3n) is 2.85. The molecule has 0 radical (unpaired) electrons. The summed E-state index contributed by atoms with van der Waals surface area (Å²) in [4.78, 5) is 6.07. The molecule has 1 aromatic carbocycles. The van der Waals surface area contributed by atoms with Crippen LogP contribution in [0.3, 0.4) is 0 Å². The largest absolute Gasteiger partial charge is 0.392 e. The van der Waals surface area contributed by atoms with Crippen molar-refractivity contribution >= 4 is 62.8 Å². The Balaban J connectivity index is 2.30. The quantitative estimate of drug-likeness (QED) is 0.720. The molecule has 0 saturated carbocycles. The molecular weight excluding hydrogens is 333 g/mol. The van der Waals surface area contributed by atoms with Crippen LogP contribution in [0.25, 0.3) is 21.7 Å². The van der Waals surface area contributed by atoms with Crippen LogP contribution in [0, 0.1) is 0 Å². The molecule has 2 heterocycles. The third-order valence-corrected chi connectivity index (χ3v) is 4.56. The first-order valence-corrected chi connectivity index (χ1v) is 7.78. The van der Waals surface area contributed by atoms with Gasteiger partial charge in [0.2, 0.25) is 0 Å². The van der Waals surface area contributed by atoms with Crippen LogP contribution >= 0.6 is 46.8 Å². The maximum Gasteiger partial charge on any atom is 0.151 e. The molecule has 0 atom stereocenters. The van der Waals surface area contributed by atoms with Gasteiger partial charge in [-0.3, -0.25) is 0 Å². The zero-order valence-electron chi connectivity index (χ0n) is 10.1. The van der Waals surface area contributed by atoms with E-state index in [0.29, 0.717) is 21.6 Å². The number of imidazole rings is 1. The van der Waals surface area contributed by atoms with Crippen LogP contribution in [-0.2, 0) is 6.54 Å². The molecule has 3 nitrogen and oxygen atoms in total. The normalized spacial score (nSPS) is 11.1. The third kappa shape index (κ3) is 2.42. The Morgan fingerprint density at radius 1 is 1.35 bits per heavy atom. The number of benzene rings is 1. The van der Waals surface area contributed by atoms with E-state index in [1.807, 2.05) is 22.1 Å². The minimum atomic E-state index is 0.396. The second-order valence-corrected chi connectivity index (χ2v) is 6.51. The van der Waals surface area contributed by atoms with E-state index in [1.54, 1.807) is 23.5 Å². The molecule has 2 N–H and O–H groups in total.